The van der Waals surface area contributed by atoms with Crippen molar-refractivity contribution in [3.8, 4) is 6.07 Å². The average molecular weight is 299 g/mol. The van der Waals surface area contributed by atoms with E-state index in [1.807, 2.05) is 13.0 Å². The summed E-state index contributed by atoms with van der Waals surface area (Å²) < 4.78 is 0.995. The van der Waals surface area contributed by atoms with Crippen LogP contribution in [0.3, 0.4) is 0 Å². The maximum Gasteiger partial charge on any atom is 0.159 e. The second kappa shape index (κ2) is 4.56. The summed E-state index contributed by atoms with van der Waals surface area (Å²) >= 11 is 2.16. The fourth-order valence-corrected chi connectivity index (χ4v) is 2.31. The molecule has 1 rings (SSSR count). The van der Waals surface area contributed by atoms with E-state index in [1.165, 1.54) is 6.92 Å². The molecule has 0 saturated carbocycles. The molecule has 0 aliphatic heterocycles. The molecule has 0 radical (unpaired) electrons. The van der Waals surface area contributed by atoms with E-state index in [1.54, 1.807) is 6.07 Å². The van der Waals surface area contributed by atoms with Crippen LogP contribution in [-0.4, -0.2) is 5.78 Å². The van der Waals surface area contributed by atoms with Crippen LogP contribution in [0, 0.1) is 14.9 Å². The summed E-state index contributed by atoms with van der Waals surface area (Å²) in [6.07, 6.45) is 0.819. The minimum absolute atomic E-state index is 0.00192. The number of hydrogen-bond donors (Lipinski definition) is 0. The normalized spacial score (nSPS) is 9.57. The first-order valence-corrected chi connectivity index (χ1v) is 5.41. The maximum absolute atomic E-state index is 11.2. The summed E-state index contributed by atoms with van der Waals surface area (Å²) in [5.41, 5.74) is 2.26. The number of carbonyl (C=O) groups excluding carboxylic acids is 1. The van der Waals surface area contributed by atoms with Crippen LogP contribution in [0.5, 0.6) is 0 Å². The molecule has 1 aromatic carbocycles. The number of Topliss-reactive ketones (excluding diaryl/α,β-unsaturated/α-hetero) is 1. The van der Waals surface area contributed by atoms with Crippen molar-refractivity contribution in [1.82, 2.24) is 0 Å². The fourth-order valence-electron chi connectivity index (χ4n) is 1.30. The molecule has 72 valence electrons. The number of carbonyl (C=O) groups is 1. The molecule has 14 heavy (non-hydrogen) atoms. The number of halogens is 1. The molecule has 0 bridgehead atoms. The van der Waals surface area contributed by atoms with Gasteiger partial charge in [-0.2, -0.15) is 5.26 Å². The number of benzene rings is 1. The van der Waals surface area contributed by atoms with Crippen molar-refractivity contribution in [3.05, 3.63) is 32.4 Å². The van der Waals surface area contributed by atoms with E-state index in [4.69, 9.17) is 5.26 Å². The number of nitriles is 1. The molecular formula is C11H10INO. The Labute approximate surface area is 97.1 Å². The first-order chi connectivity index (χ1) is 6.60. The molecule has 1 aromatic rings. The Kier molecular flexibility index (Phi) is 3.64. The van der Waals surface area contributed by atoms with Crippen molar-refractivity contribution in [2.75, 3.05) is 0 Å². The molecule has 3 heteroatoms. The van der Waals surface area contributed by atoms with Crippen LogP contribution in [0.4, 0.5) is 0 Å². The molecule has 0 amide bonds. The monoisotopic (exact) mass is 299 g/mol. The van der Waals surface area contributed by atoms with Crippen molar-refractivity contribution in [2.45, 2.75) is 20.3 Å². The fraction of sp³-hybridized carbons (Fsp3) is 0.273. The highest BCUT2D eigenvalue weighted by molar-refractivity contribution is 14.1. The zero-order valence-corrected chi connectivity index (χ0v) is 10.3. The summed E-state index contributed by atoms with van der Waals surface area (Å²) in [6.45, 7) is 3.52. The van der Waals surface area contributed by atoms with Crippen molar-refractivity contribution in [1.29, 1.82) is 5.26 Å². The number of hydrogen-bond acceptors (Lipinski definition) is 2. The smallest absolute Gasteiger partial charge is 0.159 e. The largest absolute Gasteiger partial charge is 0.295 e. The van der Waals surface area contributed by atoms with Crippen LogP contribution in [-0.2, 0) is 6.42 Å². The van der Waals surface area contributed by atoms with E-state index in [0.29, 0.717) is 11.1 Å². The van der Waals surface area contributed by atoms with Crippen molar-refractivity contribution < 1.29 is 4.79 Å². The number of ketones is 1. The SMILES string of the molecule is CCc1c(I)cc(C(C)=O)cc1C#N. The standard InChI is InChI=1S/C11H10INO/c1-3-10-9(6-13)4-8(7(2)14)5-11(10)12/h4-5H,3H2,1-2H3. The van der Waals surface area contributed by atoms with Gasteiger partial charge in [0.15, 0.2) is 5.78 Å². The second-order valence-electron chi connectivity index (χ2n) is 3.01. The van der Waals surface area contributed by atoms with E-state index in [2.05, 4.69) is 28.7 Å². The van der Waals surface area contributed by atoms with Gasteiger partial charge in [0.2, 0.25) is 0 Å². The Bertz CT molecular complexity index is 418. The van der Waals surface area contributed by atoms with Gasteiger partial charge in [-0.05, 0) is 53.6 Å². The van der Waals surface area contributed by atoms with Gasteiger partial charge in [0.05, 0.1) is 11.6 Å². The molecule has 0 heterocycles. The van der Waals surface area contributed by atoms with Gasteiger partial charge in [0, 0.05) is 9.13 Å². The summed E-state index contributed by atoms with van der Waals surface area (Å²) in [5, 5.41) is 8.92. The number of rotatable bonds is 2. The molecule has 0 spiro atoms. The Balaban J connectivity index is 3.41. The molecule has 0 N–H and O–H groups in total. The van der Waals surface area contributed by atoms with Gasteiger partial charge < -0.3 is 0 Å². The first-order valence-electron chi connectivity index (χ1n) is 4.33. The Morgan fingerprint density at radius 1 is 1.57 bits per heavy atom. The van der Waals surface area contributed by atoms with Gasteiger partial charge in [0.1, 0.15) is 0 Å². The zero-order chi connectivity index (χ0) is 10.7. The average Bonchev–Trinajstić information content (AvgIpc) is 2.16. The van der Waals surface area contributed by atoms with Crippen LogP contribution >= 0.6 is 22.6 Å². The van der Waals surface area contributed by atoms with Crippen LogP contribution in [0.15, 0.2) is 12.1 Å². The van der Waals surface area contributed by atoms with Crippen molar-refractivity contribution in [3.63, 3.8) is 0 Å². The lowest BCUT2D eigenvalue weighted by molar-refractivity contribution is 0.101. The predicted octanol–water partition coefficient (Wildman–Crippen LogP) is 2.93. The second-order valence-corrected chi connectivity index (χ2v) is 4.17. The number of nitrogens with zero attached hydrogens (tertiary/aromatic N) is 1. The van der Waals surface area contributed by atoms with Gasteiger partial charge in [0.25, 0.3) is 0 Å². The molecule has 0 saturated heterocycles. The van der Waals surface area contributed by atoms with Gasteiger partial charge in [-0.15, -0.1) is 0 Å². The lowest BCUT2D eigenvalue weighted by atomic mass is 10.0. The molecule has 0 aliphatic carbocycles. The van der Waals surface area contributed by atoms with E-state index in [9.17, 15) is 4.79 Å². The minimum atomic E-state index is 0.00192. The highest BCUT2D eigenvalue weighted by Gasteiger charge is 2.09. The van der Waals surface area contributed by atoms with Gasteiger partial charge in [-0.25, -0.2) is 0 Å². The first kappa shape index (κ1) is 11.2. The minimum Gasteiger partial charge on any atom is -0.295 e. The third-order valence-corrected chi connectivity index (χ3v) is 3.04. The highest BCUT2D eigenvalue weighted by Crippen LogP contribution is 2.20. The molecule has 2 nitrogen and oxygen atoms in total. The lowest BCUT2D eigenvalue weighted by Gasteiger charge is -2.06. The summed E-state index contributed by atoms with van der Waals surface area (Å²) in [6, 6.07) is 5.63. The van der Waals surface area contributed by atoms with E-state index >= 15 is 0 Å². The predicted molar refractivity (Wildman–Crippen MR) is 63.3 cm³/mol. The van der Waals surface area contributed by atoms with Crippen LogP contribution < -0.4 is 0 Å². The molecule has 0 aromatic heterocycles. The van der Waals surface area contributed by atoms with E-state index in [-0.39, 0.29) is 5.78 Å². The van der Waals surface area contributed by atoms with Crippen molar-refractivity contribution >= 4 is 28.4 Å². The van der Waals surface area contributed by atoms with Gasteiger partial charge >= 0.3 is 0 Å². The summed E-state index contributed by atoms with van der Waals surface area (Å²) in [7, 11) is 0. The van der Waals surface area contributed by atoms with Crippen molar-refractivity contribution in [2.24, 2.45) is 0 Å². The Morgan fingerprint density at radius 2 is 2.21 bits per heavy atom. The molecular weight excluding hydrogens is 289 g/mol. The van der Waals surface area contributed by atoms with Gasteiger partial charge in [-0.1, -0.05) is 6.92 Å². The quantitative estimate of drug-likeness (QED) is 0.622. The van der Waals surface area contributed by atoms with E-state index < -0.39 is 0 Å². The lowest BCUT2D eigenvalue weighted by Crippen LogP contribution is -1.99. The summed E-state index contributed by atoms with van der Waals surface area (Å²) in [4.78, 5) is 11.2. The third-order valence-electron chi connectivity index (χ3n) is 2.08. The van der Waals surface area contributed by atoms with E-state index in [0.717, 1.165) is 15.6 Å². The highest BCUT2D eigenvalue weighted by atomic mass is 127. The van der Waals surface area contributed by atoms with Crippen LogP contribution in [0.1, 0.15) is 35.3 Å². The van der Waals surface area contributed by atoms with Crippen LogP contribution in [0.2, 0.25) is 0 Å². The molecule has 0 unspecified atom stereocenters. The Hall–Kier alpha value is -0.890. The Morgan fingerprint density at radius 3 is 2.64 bits per heavy atom. The topological polar surface area (TPSA) is 40.9 Å². The third kappa shape index (κ3) is 2.13. The maximum atomic E-state index is 11.2. The molecule has 0 aliphatic rings. The van der Waals surface area contributed by atoms with Crippen LogP contribution in [0.25, 0.3) is 0 Å². The zero-order valence-electron chi connectivity index (χ0n) is 8.10. The van der Waals surface area contributed by atoms with Gasteiger partial charge in [-0.3, -0.25) is 4.79 Å². The summed E-state index contributed by atoms with van der Waals surface area (Å²) in [5.74, 6) is 0.00192. The molecule has 0 atom stereocenters. The molecule has 0 fully saturated rings.